The molecule has 45 heavy (non-hydrogen) atoms. The van der Waals surface area contributed by atoms with E-state index in [-0.39, 0.29) is 39.3 Å². The van der Waals surface area contributed by atoms with E-state index in [1.807, 2.05) is 0 Å². The SMILES string of the molecule is CC(COc1nc(N2CC3CCC(C2)N3)c2cc(Cl)c(-c3cc(O)cc4ccc(F)cc34)c(F)c2n1)CN1C2CCC1COC2. The lowest BCUT2D eigenvalue weighted by molar-refractivity contribution is -0.0229. The lowest BCUT2D eigenvalue weighted by atomic mass is 9.96. The van der Waals surface area contributed by atoms with Gasteiger partial charge in [-0.1, -0.05) is 24.6 Å². The topological polar surface area (TPSA) is 83.0 Å². The van der Waals surface area contributed by atoms with Crippen LogP contribution in [0, 0.1) is 17.6 Å². The Morgan fingerprint density at radius 1 is 1.02 bits per heavy atom. The molecule has 4 bridgehead atoms. The minimum absolute atomic E-state index is 0.0443. The maximum Gasteiger partial charge on any atom is 0.319 e. The van der Waals surface area contributed by atoms with Crippen LogP contribution in [0.25, 0.3) is 32.8 Å². The number of anilines is 1. The van der Waals surface area contributed by atoms with Gasteiger partial charge >= 0.3 is 6.01 Å². The van der Waals surface area contributed by atoms with E-state index < -0.39 is 11.6 Å². The van der Waals surface area contributed by atoms with Gasteiger partial charge in [-0.25, -0.2) is 8.78 Å². The van der Waals surface area contributed by atoms with Crippen LogP contribution in [0.2, 0.25) is 5.02 Å². The fourth-order valence-corrected chi connectivity index (χ4v) is 8.14. The summed E-state index contributed by atoms with van der Waals surface area (Å²) in [7, 11) is 0. The van der Waals surface area contributed by atoms with Gasteiger partial charge in [0.1, 0.15) is 22.9 Å². The van der Waals surface area contributed by atoms with Gasteiger partial charge in [0.2, 0.25) is 0 Å². The highest BCUT2D eigenvalue weighted by atomic mass is 35.5. The number of nitrogens with one attached hydrogen (secondary N) is 1. The molecule has 4 saturated heterocycles. The van der Waals surface area contributed by atoms with Crippen molar-refractivity contribution in [2.75, 3.05) is 44.4 Å². The predicted octanol–water partition coefficient (Wildman–Crippen LogP) is 5.91. The number of benzene rings is 3. The number of hydrogen-bond donors (Lipinski definition) is 2. The normalized spacial score (nSPS) is 25.4. The van der Waals surface area contributed by atoms with E-state index in [4.69, 9.17) is 26.1 Å². The maximum absolute atomic E-state index is 16.8. The molecule has 0 spiro atoms. The third-order valence-electron chi connectivity index (χ3n) is 9.94. The van der Waals surface area contributed by atoms with Gasteiger partial charge in [-0.05, 0) is 72.4 Å². The Bertz CT molecular complexity index is 1760. The van der Waals surface area contributed by atoms with Crippen molar-refractivity contribution >= 4 is 39.1 Å². The van der Waals surface area contributed by atoms with Gasteiger partial charge in [-0.15, -0.1) is 0 Å². The summed E-state index contributed by atoms with van der Waals surface area (Å²) in [5, 5.41) is 15.8. The van der Waals surface area contributed by atoms with E-state index in [0.29, 0.717) is 52.8 Å². The minimum Gasteiger partial charge on any atom is -0.508 e. The van der Waals surface area contributed by atoms with Gasteiger partial charge in [0.05, 0.1) is 24.8 Å². The van der Waals surface area contributed by atoms with Gasteiger partial charge in [-0.2, -0.15) is 9.97 Å². The van der Waals surface area contributed by atoms with Crippen LogP contribution in [0.4, 0.5) is 14.6 Å². The van der Waals surface area contributed by atoms with Gasteiger partial charge in [0.15, 0.2) is 5.82 Å². The highest BCUT2D eigenvalue weighted by molar-refractivity contribution is 6.35. The van der Waals surface area contributed by atoms with Crippen molar-refractivity contribution in [2.45, 2.75) is 56.8 Å². The summed E-state index contributed by atoms with van der Waals surface area (Å²) in [6.07, 6.45) is 4.48. The highest BCUT2D eigenvalue weighted by Gasteiger charge is 2.38. The third-order valence-corrected chi connectivity index (χ3v) is 10.2. The number of aromatic hydroxyl groups is 1. The van der Waals surface area contributed by atoms with Gasteiger partial charge < -0.3 is 24.8 Å². The number of phenolic OH excluding ortho intramolecular Hbond substituents is 1. The Kier molecular flexibility index (Phi) is 7.43. The fraction of sp³-hybridized carbons (Fsp3) is 0.471. The summed E-state index contributed by atoms with van der Waals surface area (Å²) in [5.41, 5.74) is 0.403. The van der Waals surface area contributed by atoms with Crippen LogP contribution < -0.4 is 15.0 Å². The first-order valence-electron chi connectivity index (χ1n) is 15.9. The van der Waals surface area contributed by atoms with Crippen LogP contribution >= 0.6 is 11.6 Å². The molecule has 0 radical (unpaired) electrons. The number of ether oxygens (including phenoxy) is 2. The number of phenols is 1. The molecule has 0 amide bonds. The molecule has 11 heteroatoms. The van der Waals surface area contributed by atoms with Crippen LogP contribution in [0.5, 0.6) is 11.8 Å². The molecule has 5 heterocycles. The number of nitrogens with zero attached hydrogens (tertiary/aromatic N) is 4. The minimum atomic E-state index is -0.668. The first kappa shape index (κ1) is 29.1. The summed E-state index contributed by atoms with van der Waals surface area (Å²) in [6.45, 7) is 6.43. The van der Waals surface area contributed by atoms with Crippen LogP contribution in [0.1, 0.15) is 32.6 Å². The van der Waals surface area contributed by atoms with Crippen LogP contribution in [-0.4, -0.2) is 83.6 Å². The lowest BCUT2D eigenvalue weighted by Gasteiger charge is -2.36. The van der Waals surface area contributed by atoms with Crippen molar-refractivity contribution in [1.29, 1.82) is 0 Å². The van der Waals surface area contributed by atoms with E-state index in [1.54, 1.807) is 12.1 Å². The number of fused-ring (bicyclic) bond motifs is 6. The van der Waals surface area contributed by atoms with Gasteiger partial charge in [0.25, 0.3) is 0 Å². The van der Waals surface area contributed by atoms with Gasteiger partial charge in [0, 0.05) is 60.7 Å². The van der Waals surface area contributed by atoms with E-state index in [9.17, 15) is 9.50 Å². The standard InChI is InChI=1S/C34H36ClF2N5O3/c1-18(12-42-23-6-7-24(42)17-44-16-23)15-45-34-39-32-28(33(40-34)41-13-21-4-5-22(14-41)38-21)11-29(35)30(31(32)37)27-10-25(43)8-19-2-3-20(36)9-26(19)27/h2-3,8-11,18,21-24,38,43H,4-7,12-17H2,1H3. The molecule has 4 fully saturated rings. The Morgan fingerprint density at radius 3 is 2.53 bits per heavy atom. The summed E-state index contributed by atoms with van der Waals surface area (Å²) >= 11 is 6.83. The van der Waals surface area contributed by atoms with Crippen molar-refractivity contribution < 1.29 is 23.4 Å². The smallest absolute Gasteiger partial charge is 0.319 e. The number of morpholine rings is 1. The second kappa shape index (κ2) is 11.5. The molecular weight excluding hydrogens is 600 g/mol. The van der Waals surface area contributed by atoms with Crippen molar-refractivity contribution in [3.8, 4) is 22.9 Å². The zero-order valence-electron chi connectivity index (χ0n) is 25.1. The Labute approximate surface area is 265 Å². The molecule has 3 aromatic carbocycles. The summed E-state index contributed by atoms with van der Waals surface area (Å²) in [6, 6.07) is 10.5. The summed E-state index contributed by atoms with van der Waals surface area (Å²) in [4.78, 5) is 14.2. The molecule has 4 aliphatic rings. The number of hydrogen-bond acceptors (Lipinski definition) is 8. The number of halogens is 3. The molecular formula is C34H36ClF2N5O3. The average Bonchev–Trinajstić information content (AvgIpc) is 3.45. The molecule has 0 saturated carbocycles. The molecule has 0 aliphatic carbocycles. The lowest BCUT2D eigenvalue weighted by Crippen LogP contribution is -2.51. The fourth-order valence-electron chi connectivity index (χ4n) is 7.84. The molecule has 236 valence electrons. The number of aromatic nitrogens is 2. The molecule has 8 rings (SSSR count). The second-order valence-corrected chi connectivity index (χ2v) is 13.6. The Balaban J connectivity index is 1.19. The van der Waals surface area contributed by atoms with Crippen LogP contribution in [0.15, 0.2) is 36.4 Å². The van der Waals surface area contributed by atoms with E-state index in [0.717, 1.165) is 58.5 Å². The molecule has 2 N–H and O–H groups in total. The Hall–Kier alpha value is -3.31. The number of rotatable bonds is 7. The summed E-state index contributed by atoms with van der Waals surface area (Å²) < 4.78 is 43.2. The average molecular weight is 636 g/mol. The molecule has 4 aliphatic heterocycles. The first-order valence-corrected chi connectivity index (χ1v) is 16.3. The zero-order chi connectivity index (χ0) is 30.8. The van der Waals surface area contributed by atoms with Crippen LogP contribution in [0.3, 0.4) is 0 Å². The quantitative estimate of drug-likeness (QED) is 0.260. The highest BCUT2D eigenvalue weighted by Crippen LogP contribution is 2.43. The van der Waals surface area contributed by atoms with Crippen molar-refractivity contribution in [3.05, 3.63) is 53.1 Å². The number of piperazine rings is 1. The maximum atomic E-state index is 16.8. The molecule has 5 atom stereocenters. The zero-order valence-corrected chi connectivity index (χ0v) is 25.9. The molecule has 5 unspecified atom stereocenters. The van der Waals surface area contributed by atoms with Crippen molar-refractivity contribution in [1.82, 2.24) is 20.2 Å². The van der Waals surface area contributed by atoms with Crippen molar-refractivity contribution in [2.24, 2.45) is 5.92 Å². The predicted molar refractivity (Wildman–Crippen MR) is 170 cm³/mol. The molecule has 4 aromatic rings. The monoisotopic (exact) mass is 635 g/mol. The van der Waals surface area contributed by atoms with E-state index >= 15 is 4.39 Å². The van der Waals surface area contributed by atoms with Gasteiger partial charge in [-0.3, -0.25) is 4.90 Å². The Morgan fingerprint density at radius 2 is 1.78 bits per heavy atom. The van der Waals surface area contributed by atoms with E-state index in [1.165, 1.54) is 24.3 Å². The van der Waals surface area contributed by atoms with Crippen LogP contribution in [-0.2, 0) is 4.74 Å². The molecule has 1 aromatic heterocycles. The first-order chi connectivity index (χ1) is 21.8. The summed E-state index contributed by atoms with van der Waals surface area (Å²) in [5.74, 6) is -0.432. The van der Waals surface area contributed by atoms with Crippen molar-refractivity contribution in [3.63, 3.8) is 0 Å². The largest absolute Gasteiger partial charge is 0.508 e. The second-order valence-electron chi connectivity index (χ2n) is 13.2. The molecule has 8 nitrogen and oxygen atoms in total. The van der Waals surface area contributed by atoms with E-state index in [2.05, 4.69) is 27.0 Å². The third kappa shape index (κ3) is 5.35.